The van der Waals surface area contributed by atoms with Gasteiger partial charge in [0.25, 0.3) is 5.69 Å². The number of hydrogen-bond acceptors (Lipinski definition) is 4. The zero-order valence-corrected chi connectivity index (χ0v) is 12.3. The van der Waals surface area contributed by atoms with E-state index in [0.717, 1.165) is 25.0 Å². The van der Waals surface area contributed by atoms with Gasteiger partial charge in [-0.25, -0.2) is 0 Å². The summed E-state index contributed by atoms with van der Waals surface area (Å²) >= 11 is 0. The average Bonchev–Trinajstić information content (AvgIpc) is 2.37. The maximum absolute atomic E-state index is 11.1. The molecule has 0 aromatic carbocycles. The number of nitrogens with zero attached hydrogens (tertiary/aromatic N) is 2. The van der Waals surface area contributed by atoms with Crippen molar-refractivity contribution in [3.05, 3.63) is 33.1 Å². The monoisotopic (exact) mass is 278 g/mol. The highest BCUT2D eigenvalue weighted by atomic mass is 16.6. The quantitative estimate of drug-likeness (QED) is 0.681. The molecule has 1 heterocycles. The molecule has 1 aromatic heterocycles. The lowest BCUT2D eigenvalue weighted by molar-refractivity contribution is -0.386. The van der Waals surface area contributed by atoms with E-state index in [1.807, 2.05) is 0 Å². The molecular formula is C15H22N2O3. The smallest absolute Gasteiger partial charge is 0.278 e. The predicted octanol–water partition coefficient (Wildman–Crippen LogP) is 2.95. The second kappa shape index (κ2) is 5.87. The first-order valence-corrected chi connectivity index (χ1v) is 7.17. The summed E-state index contributed by atoms with van der Waals surface area (Å²) in [4.78, 5) is 15.2. The summed E-state index contributed by atoms with van der Waals surface area (Å²) in [7, 11) is 0. The SMILES string of the molecule is Cc1cnc(CC2CC(C)CCC2O)c(C)c1[N+](=O)[O-]. The van der Waals surface area contributed by atoms with Crippen LogP contribution >= 0.6 is 0 Å². The molecule has 20 heavy (non-hydrogen) atoms. The topological polar surface area (TPSA) is 76.3 Å². The molecule has 1 fully saturated rings. The van der Waals surface area contributed by atoms with Crippen LogP contribution in [0.2, 0.25) is 0 Å². The van der Waals surface area contributed by atoms with E-state index in [-0.39, 0.29) is 22.6 Å². The van der Waals surface area contributed by atoms with Gasteiger partial charge in [-0.1, -0.05) is 6.92 Å². The van der Waals surface area contributed by atoms with Crippen LogP contribution in [-0.4, -0.2) is 21.1 Å². The minimum Gasteiger partial charge on any atom is -0.393 e. The molecule has 0 radical (unpaired) electrons. The molecule has 0 saturated heterocycles. The minimum absolute atomic E-state index is 0.160. The Morgan fingerprint density at radius 3 is 2.80 bits per heavy atom. The minimum atomic E-state index is -0.338. The van der Waals surface area contributed by atoms with Crippen LogP contribution in [0.15, 0.2) is 6.20 Å². The van der Waals surface area contributed by atoms with Gasteiger partial charge in [-0.05, 0) is 51.4 Å². The molecule has 110 valence electrons. The molecule has 1 N–H and O–H groups in total. The van der Waals surface area contributed by atoms with Crippen LogP contribution in [0.3, 0.4) is 0 Å². The van der Waals surface area contributed by atoms with Crippen molar-refractivity contribution in [3.63, 3.8) is 0 Å². The zero-order chi connectivity index (χ0) is 14.9. The molecular weight excluding hydrogens is 256 g/mol. The third kappa shape index (κ3) is 2.98. The first-order valence-electron chi connectivity index (χ1n) is 7.17. The van der Waals surface area contributed by atoms with Gasteiger partial charge in [0.05, 0.1) is 16.7 Å². The third-order valence-corrected chi connectivity index (χ3v) is 4.42. The van der Waals surface area contributed by atoms with Crippen molar-refractivity contribution in [2.45, 2.75) is 52.6 Å². The van der Waals surface area contributed by atoms with Crippen LogP contribution < -0.4 is 0 Å². The van der Waals surface area contributed by atoms with Crippen molar-refractivity contribution in [3.8, 4) is 0 Å². The lowest BCUT2D eigenvalue weighted by Gasteiger charge is -2.31. The van der Waals surface area contributed by atoms with Gasteiger partial charge < -0.3 is 5.11 Å². The lowest BCUT2D eigenvalue weighted by atomic mass is 9.78. The van der Waals surface area contributed by atoms with Crippen LogP contribution in [0.4, 0.5) is 5.69 Å². The van der Waals surface area contributed by atoms with Crippen LogP contribution in [-0.2, 0) is 6.42 Å². The highest BCUT2D eigenvalue weighted by Crippen LogP contribution is 2.33. The number of rotatable bonds is 3. The molecule has 1 aromatic rings. The normalized spacial score (nSPS) is 26.5. The van der Waals surface area contributed by atoms with Crippen molar-refractivity contribution in [1.29, 1.82) is 0 Å². The van der Waals surface area contributed by atoms with Crippen LogP contribution in [0, 0.1) is 35.8 Å². The van der Waals surface area contributed by atoms with E-state index in [4.69, 9.17) is 0 Å². The van der Waals surface area contributed by atoms with Crippen molar-refractivity contribution in [2.24, 2.45) is 11.8 Å². The Hall–Kier alpha value is -1.49. The van der Waals surface area contributed by atoms with Gasteiger partial charge in [0.2, 0.25) is 0 Å². The third-order valence-electron chi connectivity index (χ3n) is 4.42. The fourth-order valence-corrected chi connectivity index (χ4v) is 3.20. The van der Waals surface area contributed by atoms with Crippen molar-refractivity contribution < 1.29 is 10.0 Å². The van der Waals surface area contributed by atoms with Gasteiger partial charge in [-0.3, -0.25) is 15.1 Å². The largest absolute Gasteiger partial charge is 0.393 e. The van der Waals surface area contributed by atoms with E-state index < -0.39 is 0 Å². The first-order chi connectivity index (χ1) is 9.40. The lowest BCUT2D eigenvalue weighted by Crippen LogP contribution is -2.30. The number of nitro groups is 1. The second-order valence-corrected chi connectivity index (χ2v) is 6.07. The van der Waals surface area contributed by atoms with Crippen LogP contribution in [0.5, 0.6) is 0 Å². The molecule has 1 aliphatic rings. The molecule has 0 amide bonds. The summed E-state index contributed by atoms with van der Waals surface area (Å²) in [6.45, 7) is 5.66. The Balaban J connectivity index is 2.25. The summed E-state index contributed by atoms with van der Waals surface area (Å²) in [5.74, 6) is 0.761. The average molecular weight is 278 g/mol. The molecule has 3 unspecified atom stereocenters. The molecule has 5 heteroatoms. The number of aliphatic hydroxyl groups is 1. The molecule has 5 nitrogen and oxygen atoms in total. The van der Waals surface area contributed by atoms with E-state index in [0.29, 0.717) is 23.5 Å². The van der Waals surface area contributed by atoms with Gasteiger partial charge >= 0.3 is 0 Å². The fourth-order valence-electron chi connectivity index (χ4n) is 3.20. The molecule has 1 aliphatic carbocycles. The summed E-state index contributed by atoms with van der Waals surface area (Å²) in [6.07, 6.45) is 4.71. The van der Waals surface area contributed by atoms with Gasteiger partial charge in [0.1, 0.15) is 0 Å². The molecule has 0 aliphatic heterocycles. The summed E-state index contributed by atoms with van der Waals surface area (Å²) < 4.78 is 0. The second-order valence-electron chi connectivity index (χ2n) is 6.07. The van der Waals surface area contributed by atoms with Crippen LogP contribution in [0.25, 0.3) is 0 Å². The number of aryl methyl sites for hydroxylation is 1. The maximum atomic E-state index is 11.1. The number of aromatic nitrogens is 1. The predicted molar refractivity (Wildman–Crippen MR) is 76.6 cm³/mol. The van der Waals surface area contributed by atoms with E-state index in [2.05, 4.69) is 11.9 Å². The number of aliphatic hydroxyl groups excluding tert-OH is 1. The summed E-state index contributed by atoms with van der Waals surface area (Å²) in [5.41, 5.74) is 2.14. The summed E-state index contributed by atoms with van der Waals surface area (Å²) in [6, 6.07) is 0. The van der Waals surface area contributed by atoms with Gasteiger partial charge in [0.15, 0.2) is 0 Å². The number of pyridine rings is 1. The standard InChI is InChI=1S/C15H22N2O3/c1-9-4-5-14(18)12(6-9)7-13-11(3)15(17(19)20)10(2)8-16-13/h8-9,12,14,18H,4-7H2,1-3H3. The summed E-state index contributed by atoms with van der Waals surface area (Å²) in [5, 5.41) is 21.2. The Kier molecular flexibility index (Phi) is 4.38. The van der Waals surface area contributed by atoms with Crippen LogP contribution in [0.1, 0.15) is 43.0 Å². The molecule has 1 saturated carbocycles. The molecule has 3 atom stereocenters. The van der Waals surface area contributed by atoms with Gasteiger partial charge in [-0.2, -0.15) is 0 Å². The molecule has 2 rings (SSSR count). The Morgan fingerprint density at radius 2 is 2.15 bits per heavy atom. The first kappa shape index (κ1) is 14.9. The Labute approximate surface area is 119 Å². The Morgan fingerprint density at radius 1 is 1.45 bits per heavy atom. The highest BCUT2D eigenvalue weighted by molar-refractivity contribution is 5.47. The van der Waals surface area contributed by atoms with E-state index in [9.17, 15) is 15.2 Å². The number of hydrogen-bond donors (Lipinski definition) is 1. The van der Waals surface area contributed by atoms with Crippen molar-refractivity contribution >= 4 is 5.69 Å². The van der Waals surface area contributed by atoms with Crippen molar-refractivity contribution in [2.75, 3.05) is 0 Å². The van der Waals surface area contributed by atoms with E-state index in [1.54, 1.807) is 20.0 Å². The maximum Gasteiger partial charge on any atom is 0.278 e. The fraction of sp³-hybridized carbons (Fsp3) is 0.667. The molecule has 0 spiro atoms. The van der Waals surface area contributed by atoms with E-state index in [1.165, 1.54) is 0 Å². The van der Waals surface area contributed by atoms with E-state index >= 15 is 0 Å². The highest BCUT2D eigenvalue weighted by Gasteiger charge is 2.29. The van der Waals surface area contributed by atoms with Gasteiger partial charge in [-0.15, -0.1) is 0 Å². The van der Waals surface area contributed by atoms with Gasteiger partial charge in [0, 0.05) is 17.3 Å². The zero-order valence-electron chi connectivity index (χ0n) is 12.3. The van der Waals surface area contributed by atoms with Crippen molar-refractivity contribution in [1.82, 2.24) is 4.98 Å². The Bertz CT molecular complexity index is 516. The molecule has 0 bridgehead atoms.